The Bertz CT molecular complexity index is 906. The maximum Gasteiger partial charge on any atom is 0.317 e. The van der Waals surface area contributed by atoms with Gasteiger partial charge in [0, 0.05) is 6.07 Å². The summed E-state index contributed by atoms with van der Waals surface area (Å²) in [4.78, 5) is 23.3. The van der Waals surface area contributed by atoms with Crippen LogP contribution < -0.4 is 0 Å². The zero-order chi connectivity index (χ0) is 17.1. The van der Waals surface area contributed by atoms with Gasteiger partial charge in [0.25, 0.3) is 5.69 Å². The van der Waals surface area contributed by atoms with Gasteiger partial charge < -0.3 is 4.74 Å². The Morgan fingerprint density at radius 3 is 2.21 bits per heavy atom. The fraction of sp³-hybridized carbons (Fsp3) is 0.105. The lowest BCUT2D eigenvalue weighted by Crippen LogP contribution is -2.16. The molecule has 3 aromatic carbocycles. The number of rotatable bonds is 4. The van der Waals surface area contributed by atoms with Gasteiger partial charge in [-0.25, -0.2) is 0 Å². The van der Waals surface area contributed by atoms with E-state index in [9.17, 15) is 14.9 Å². The van der Waals surface area contributed by atoms with Crippen molar-refractivity contribution in [1.82, 2.24) is 0 Å². The number of nitrogens with zero attached hydrogens (tertiary/aromatic N) is 1. The van der Waals surface area contributed by atoms with Crippen LogP contribution in [-0.4, -0.2) is 18.0 Å². The third kappa shape index (κ3) is 2.72. The van der Waals surface area contributed by atoms with E-state index in [0.717, 1.165) is 5.56 Å². The number of non-ortho nitro benzene ring substituents is 1. The van der Waals surface area contributed by atoms with Crippen LogP contribution in [0.1, 0.15) is 17.0 Å². The van der Waals surface area contributed by atoms with Gasteiger partial charge in [0.05, 0.1) is 17.4 Å². The molecule has 0 saturated carbocycles. The molecular weight excluding hydrogens is 306 g/mol. The average molecular weight is 321 g/mol. The van der Waals surface area contributed by atoms with E-state index in [1.165, 1.54) is 13.2 Å². The predicted octanol–water partition coefficient (Wildman–Crippen LogP) is 4.05. The SMILES string of the molecule is COC(=O)C(c1ccccc1)c1ccc([N+](=O)[O-])c2ccccc12. The van der Waals surface area contributed by atoms with Crippen LogP contribution in [0.25, 0.3) is 10.8 Å². The van der Waals surface area contributed by atoms with Crippen molar-refractivity contribution in [2.45, 2.75) is 5.92 Å². The van der Waals surface area contributed by atoms with E-state index in [1.54, 1.807) is 30.3 Å². The minimum absolute atomic E-state index is 0.0195. The Hall–Kier alpha value is -3.21. The zero-order valence-electron chi connectivity index (χ0n) is 13.0. The summed E-state index contributed by atoms with van der Waals surface area (Å²) in [5, 5.41) is 12.4. The quantitative estimate of drug-likeness (QED) is 0.413. The number of benzene rings is 3. The molecule has 3 rings (SSSR count). The maximum atomic E-state index is 12.4. The van der Waals surface area contributed by atoms with E-state index < -0.39 is 16.8 Å². The fourth-order valence-corrected chi connectivity index (χ4v) is 2.92. The summed E-state index contributed by atoms with van der Waals surface area (Å²) < 4.78 is 4.97. The molecular formula is C19H15NO4. The standard InChI is InChI=1S/C19H15NO4/c1-24-19(21)18(13-7-3-2-4-8-13)16-11-12-17(20(22)23)15-10-6-5-9-14(15)16/h2-12,18H,1H3. The number of hydrogen-bond acceptors (Lipinski definition) is 4. The van der Waals surface area contributed by atoms with Crippen molar-refractivity contribution in [2.24, 2.45) is 0 Å². The molecule has 1 atom stereocenters. The second-order valence-corrected chi connectivity index (χ2v) is 5.34. The first-order chi connectivity index (χ1) is 11.6. The molecule has 0 saturated heterocycles. The highest BCUT2D eigenvalue weighted by molar-refractivity contribution is 5.97. The van der Waals surface area contributed by atoms with Crippen LogP contribution in [-0.2, 0) is 9.53 Å². The summed E-state index contributed by atoms with van der Waals surface area (Å²) in [7, 11) is 1.34. The molecule has 5 heteroatoms. The summed E-state index contributed by atoms with van der Waals surface area (Å²) in [6.45, 7) is 0. The van der Waals surface area contributed by atoms with E-state index in [4.69, 9.17) is 4.74 Å². The average Bonchev–Trinajstić information content (AvgIpc) is 2.62. The van der Waals surface area contributed by atoms with Gasteiger partial charge in [0.2, 0.25) is 0 Å². The molecule has 0 heterocycles. The number of nitro benzene ring substituents is 1. The summed E-state index contributed by atoms with van der Waals surface area (Å²) in [5.74, 6) is -1.04. The topological polar surface area (TPSA) is 69.4 Å². The first-order valence-corrected chi connectivity index (χ1v) is 7.42. The van der Waals surface area contributed by atoms with Gasteiger partial charge >= 0.3 is 5.97 Å². The van der Waals surface area contributed by atoms with Gasteiger partial charge in [-0.05, 0) is 22.6 Å². The van der Waals surface area contributed by atoms with Gasteiger partial charge in [-0.1, -0.05) is 54.6 Å². The van der Waals surface area contributed by atoms with Crippen LogP contribution in [0.15, 0.2) is 66.7 Å². The lowest BCUT2D eigenvalue weighted by atomic mass is 9.87. The van der Waals surface area contributed by atoms with Gasteiger partial charge in [0.15, 0.2) is 0 Å². The molecule has 0 amide bonds. The molecule has 0 bridgehead atoms. The van der Waals surface area contributed by atoms with E-state index in [-0.39, 0.29) is 5.69 Å². The molecule has 0 aliphatic carbocycles. The van der Waals surface area contributed by atoms with Crippen molar-refractivity contribution in [2.75, 3.05) is 7.11 Å². The predicted molar refractivity (Wildman–Crippen MR) is 90.9 cm³/mol. The van der Waals surface area contributed by atoms with Gasteiger partial charge in [-0.15, -0.1) is 0 Å². The number of hydrogen-bond donors (Lipinski definition) is 0. The molecule has 120 valence electrons. The van der Waals surface area contributed by atoms with Gasteiger partial charge in [-0.3, -0.25) is 14.9 Å². The molecule has 3 aromatic rings. The van der Waals surface area contributed by atoms with Crippen molar-refractivity contribution in [3.63, 3.8) is 0 Å². The van der Waals surface area contributed by atoms with Crippen molar-refractivity contribution in [3.8, 4) is 0 Å². The van der Waals surface area contributed by atoms with Gasteiger partial charge in [0.1, 0.15) is 5.92 Å². The molecule has 0 aliphatic rings. The normalized spacial score (nSPS) is 11.9. The molecule has 24 heavy (non-hydrogen) atoms. The summed E-state index contributed by atoms with van der Waals surface area (Å²) in [6.07, 6.45) is 0. The lowest BCUT2D eigenvalue weighted by Gasteiger charge is -2.17. The minimum Gasteiger partial charge on any atom is -0.468 e. The van der Waals surface area contributed by atoms with Crippen LogP contribution in [0.4, 0.5) is 5.69 Å². The molecule has 1 unspecified atom stereocenters. The number of fused-ring (bicyclic) bond motifs is 1. The second kappa shape index (κ2) is 6.50. The second-order valence-electron chi connectivity index (χ2n) is 5.34. The summed E-state index contributed by atoms with van der Waals surface area (Å²) >= 11 is 0. The first kappa shape index (κ1) is 15.7. The monoisotopic (exact) mass is 321 g/mol. The maximum absolute atomic E-state index is 12.4. The zero-order valence-corrected chi connectivity index (χ0v) is 13.0. The molecule has 0 aromatic heterocycles. The van der Waals surface area contributed by atoms with Crippen LogP contribution in [0.2, 0.25) is 0 Å². The highest BCUT2D eigenvalue weighted by atomic mass is 16.6. The molecule has 0 radical (unpaired) electrons. The van der Waals surface area contributed by atoms with Crippen molar-refractivity contribution < 1.29 is 14.5 Å². The van der Waals surface area contributed by atoms with Crippen molar-refractivity contribution >= 4 is 22.4 Å². The molecule has 0 fully saturated rings. The number of nitro groups is 1. The van der Waals surface area contributed by atoms with Crippen molar-refractivity contribution in [1.29, 1.82) is 0 Å². The molecule has 0 aliphatic heterocycles. The number of ether oxygens (including phenoxy) is 1. The van der Waals surface area contributed by atoms with E-state index in [0.29, 0.717) is 16.3 Å². The Balaban J connectivity index is 2.28. The van der Waals surface area contributed by atoms with Crippen LogP contribution in [0.5, 0.6) is 0 Å². The van der Waals surface area contributed by atoms with Crippen LogP contribution in [0.3, 0.4) is 0 Å². The molecule has 0 N–H and O–H groups in total. The number of methoxy groups -OCH3 is 1. The summed E-state index contributed by atoms with van der Waals surface area (Å²) in [5.41, 5.74) is 1.49. The Labute approximate surface area is 138 Å². The summed E-state index contributed by atoms with van der Waals surface area (Å²) in [6, 6.07) is 19.3. The Morgan fingerprint density at radius 2 is 1.58 bits per heavy atom. The number of carbonyl (C=O) groups is 1. The fourth-order valence-electron chi connectivity index (χ4n) is 2.92. The van der Waals surface area contributed by atoms with Crippen LogP contribution >= 0.6 is 0 Å². The highest BCUT2D eigenvalue weighted by Gasteiger charge is 2.27. The van der Waals surface area contributed by atoms with E-state index in [2.05, 4.69) is 0 Å². The Morgan fingerprint density at radius 1 is 0.958 bits per heavy atom. The van der Waals surface area contributed by atoms with Crippen molar-refractivity contribution in [3.05, 3.63) is 88.0 Å². The number of carbonyl (C=O) groups excluding carboxylic acids is 1. The van der Waals surface area contributed by atoms with E-state index >= 15 is 0 Å². The minimum atomic E-state index is -0.637. The Kier molecular flexibility index (Phi) is 4.24. The smallest absolute Gasteiger partial charge is 0.317 e. The van der Waals surface area contributed by atoms with Gasteiger partial charge in [-0.2, -0.15) is 0 Å². The third-order valence-corrected chi connectivity index (χ3v) is 4.01. The van der Waals surface area contributed by atoms with Crippen LogP contribution in [0, 0.1) is 10.1 Å². The molecule has 5 nitrogen and oxygen atoms in total. The highest BCUT2D eigenvalue weighted by Crippen LogP contribution is 2.35. The first-order valence-electron chi connectivity index (χ1n) is 7.42. The van der Waals surface area contributed by atoms with E-state index in [1.807, 2.05) is 30.3 Å². The largest absolute Gasteiger partial charge is 0.468 e. The lowest BCUT2D eigenvalue weighted by molar-refractivity contribution is -0.383. The molecule has 0 spiro atoms. The number of esters is 1. The third-order valence-electron chi connectivity index (χ3n) is 4.01.